The lowest BCUT2D eigenvalue weighted by molar-refractivity contribution is -0.122. The highest BCUT2D eigenvalue weighted by Gasteiger charge is 2.06. The van der Waals surface area contributed by atoms with Crippen LogP contribution in [0.25, 0.3) is 0 Å². The molecule has 0 aromatic carbocycles. The van der Waals surface area contributed by atoms with Gasteiger partial charge in [-0.15, -0.1) is 0 Å². The zero-order valence-corrected chi connectivity index (χ0v) is 12.9. The van der Waals surface area contributed by atoms with Gasteiger partial charge in [-0.25, -0.2) is 0 Å². The third-order valence-corrected chi connectivity index (χ3v) is 3.25. The fourth-order valence-electron chi connectivity index (χ4n) is 2.20. The van der Waals surface area contributed by atoms with E-state index in [1.165, 1.54) is 0 Å². The van der Waals surface area contributed by atoms with Crippen LogP contribution in [0.4, 0.5) is 0 Å². The summed E-state index contributed by atoms with van der Waals surface area (Å²) in [5, 5.41) is 2.95. The van der Waals surface area contributed by atoms with Crippen molar-refractivity contribution in [2.75, 3.05) is 20.1 Å². The third kappa shape index (κ3) is 6.01. The van der Waals surface area contributed by atoms with E-state index in [0.717, 1.165) is 30.6 Å². The van der Waals surface area contributed by atoms with E-state index < -0.39 is 0 Å². The summed E-state index contributed by atoms with van der Waals surface area (Å²) in [6.45, 7) is 1.78. The zero-order valence-electron chi connectivity index (χ0n) is 12.9. The van der Waals surface area contributed by atoms with Gasteiger partial charge >= 0.3 is 0 Å². The molecule has 2 aromatic rings. The number of pyridine rings is 2. The second kappa shape index (κ2) is 8.89. The Morgan fingerprint density at radius 3 is 2.86 bits per heavy atom. The largest absolute Gasteiger partial charge is 0.355 e. The highest BCUT2D eigenvalue weighted by molar-refractivity contribution is 5.77. The molecule has 2 rings (SSSR count). The Kier molecular flexibility index (Phi) is 6.51. The van der Waals surface area contributed by atoms with Gasteiger partial charge in [0.15, 0.2) is 0 Å². The van der Waals surface area contributed by atoms with Crippen LogP contribution in [0.15, 0.2) is 48.9 Å². The maximum Gasteiger partial charge on any atom is 0.234 e. The molecule has 0 aliphatic carbocycles. The summed E-state index contributed by atoms with van der Waals surface area (Å²) >= 11 is 0. The molecule has 0 unspecified atom stereocenters. The Hall–Kier alpha value is -2.27. The first-order chi connectivity index (χ1) is 10.7. The van der Waals surface area contributed by atoms with Crippen LogP contribution >= 0.6 is 0 Å². The lowest BCUT2D eigenvalue weighted by Crippen LogP contribution is -2.35. The van der Waals surface area contributed by atoms with Crippen LogP contribution in [0.1, 0.15) is 17.7 Å². The maximum absolute atomic E-state index is 11.9. The van der Waals surface area contributed by atoms with Crippen molar-refractivity contribution in [1.82, 2.24) is 20.2 Å². The van der Waals surface area contributed by atoms with Gasteiger partial charge in [-0.3, -0.25) is 19.7 Å². The number of nitrogens with one attached hydrogen (secondary N) is 1. The molecule has 0 spiro atoms. The molecule has 116 valence electrons. The molecule has 0 saturated heterocycles. The van der Waals surface area contributed by atoms with Crippen LogP contribution in [-0.2, 0) is 17.8 Å². The number of rotatable bonds is 8. The van der Waals surface area contributed by atoms with Crippen molar-refractivity contribution in [3.05, 3.63) is 60.2 Å². The number of hydrogen-bond acceptors (Lipinski definition) is 4. The van der Waals surface area contributed by atoms with Gasteiger partial charge in [-0.2, -0.15) is 0 Å². The van der Waals surface area contributed by atoms with Crippen molar-refractivity contribution in [3.63, 3.8) is 0 Å². The van der Waals surface area contributed by atoms with Gasteiger partial charge in [-0.05, 0) is 43.7 Å². The molecule has 22 heavy (non-hydrogen) atoms. The van der Waals surface area contributed by atoms with Gasteiger partial charge in [0.2, 0.25) is 5.91 Å². The summed E-state index contributed by atoms with van der Waals surface area (Å²) in [6, 6.07) is 9.80. The smallest absolute Gasteiger partial charge is 0.234 e. The fourth-order valence-corrected chi connectivity index (χ4v) is 2.20. The normalized spacial score (nSPS) is 10.6. The molecule has 0 fully saturated rings. The molecule has 2 aromatic heterocycles. The van der Waals surface area contributed by atoms with E-state index >= 15 is 0 Å². The molecule has 0 bridgehead atoms. The van der Waals surface area contributed by atoms with Crippen molar-refractivity contribution in [2.45, 2.75) is 19.4 Å². The van der Waals surface area contributed by atoms with E-state index in [4.69, 9.17) is 0 Å². The number of aryl methyl sites for hydroxylation is 1. The maximum atomic E-state index is 11.9. The minimum Gasteiger partial charge on any atom is -0.355 e. The van der Waals surface area contributed by atoms with E-state index in [0.29, 0.717) is 13.1 Å². The molecule has 0 saturated carbocycles. The van der Waals surface area contributed by atoms with Gasteiger partial charge in [0.1, 0.15) is 0 Å². The second-order valence-corrected chi connectivity index (χ2v) is 5.31. The Balaban J connectivity index is 1.61. The number of nitrogens with zero attached hydrogens (tertiary/aromatic N) is 3. The molecule has 0 aliphatic heterocycles. The minimum absolute atomic E-state index is 0.0485. The number of aromatic nitrogens is 2. The van der Waals surface area contributed by atoms with Crippen LogP contribution in [0, 0.1) is 0 Å². The topological polar surface area (TPSA) is 58.1 Å². The summed E-state index contributed by atoms with van der Waals surface area (Å²) < 4.78 is 0. The van der Waals surface area contributed by atoms with Gasteiger partial charge in [0, 0.05) is 37.4 Å². The number of amides is 1. The molecule has 2 heterocycles. The number of carbonyl (C=O) groups is 1. The molecule has 0 atom stereocenters. The van der Waals surface area contributed by atoms with Crippen molar-refractivity contribution in [3.8, 4) is 0 Å². The van der Waals surface area contributed by atoms with Gasteiger partial charge < -0.3 is 5.32 Å². The lowest BCUT2D eigenvalue weighted by atomic mass is 10.2. The second-order valence-electron chi connectivity index (χ2n) is 5.31. The molecular weight excluding hydrogens is 276 g/mol. The van der Waals surface area contributed by atoms with E-state index in [1.807, 2.05) is 48.5 Å². The van der Waals surface area contributed by atoms with E-state index in [1.54, 1.807) is 12.4 Å². The van der Waals surface area contributed by atoms with Crippen molar-refractivity contribution in [2.24, 2.45) is 0 Å². The number of carbonyl (C=O) groups excluding carboxylic acids is 1. The van der Waals surface area contributed by atoms with Crippen LogP contribution in [-0.4, -0.2) is 40.9 Å². The molecule has 1 amide bonds. The Morgan fingerprint density at radius 1 is 1.23 bits per heavy atom. The van der Waals surface area contributed by atoms with Gasteiger partial charge in [-0.1, -0.05) is 12.1 Å². The highest BCUT2D eigenvalue weighted by atomic mass is 16.2. The standard InChI is InChI=1S/C17H22N4O/c1-21(13-15-6-4-9-18-12-15)14-17(22)20-11-5-8-16-7-2-3-10-19-16/h2-4,6-7,9-10,12H,5,8,11,13-14H2,1H3,(H,20,22). The summed E-state index contributed by atoms with van der Waals surface area (Å²) in [7, 11) is 1.93. The van der Waals surface area contributed by atoms with E-state index in [-0.39, 0.29) is 5.91 Å². The SMILES string of the molecule is CN(CC(=O)NCCCc1ccccn1)Cc1cccnc1. The number of hydrogen-bond donors (Lipinski definition) is 1. The average Bonchev–Trinajstić information content (AvgIpc) is 2.53. The average molecular weight is 298 g/mol. The Labute approximate surface area is 131 Å². The summed E-state index contributed by atoms with van der Waals surface area (Å²) in [5.41, 5.74) is 2.17. The van der Waals surface area contributed by atoms with Gasteiger partial charge in [0.05, 0.1) is 6.54 Å². The first-order valence-electron chi connectivity index (χ1n) is 7.48. The van der Waals surface area contributed by atoms with Crippen LogP contribution < -0.4 is 5.32 Å². The molecular formula is C17H22N4O. The summed E-state index contributed by atoms with van der Waals surface area (Å²) in [5.74, 6) is 0.0485. The quantitative estimate of drug-likeness (QED) is 0.753. The molecule has 0 aliphatic rings. The van der Waals surface area contributed by atoms with Gasteiger partial charge in [0.25, 0.3) is 0 Å². The number of likely N-dealkylation sites (N-methyl/N-ethyl adjacent to an activating group) is 1. The van der Waals surface area contributed by atoms with Crippen LogP contribution in [0.5, 0.6) is 0 Å². The van der Waals surface area contributed by atoms with E-state index in [2.05, 4.69) is 15.3 Å². The predicted molar refractivity (Wildman–Crippen MR) is 86.1 cm³/mol. The Morgan fingerprint density at radius 2 is 2.14 bits per heavy atom. The highest BCUT2D eigenvalue weighted by Crippen LogP contribution is 2.00. The first kappa shape index (κ1) is 16.1. The first-order valence-corrected chi connectivity index (χ1v) is 7.48. The molecule has 5 nitrogen and oxygen atoms in total. The third-order valence-electron chi connectivity index (χ3n) is 3.25. The minimum atomic E-state index is 0.0485. The van der Waals surface area contributed by atoms with Crippen LogP contribution in [0.2, 0.25) is 0 Å². The van der Waals surface area contributed by atoms with E-state index in [9.17, 15) is 4.79 Å². The molecule has 0 radical (unpaired) electrons. The molecule has 1 N–H and O–H groups in total. The summed E-state index contributed by atoms with van der Waals surface area (Å²) in [4.78, 5) is 22.2. The van der Waals surface area contributed by atoms with Crippen LogP contribution in [0.3, 0.4) is 0 Å². The molecule has 5 heteroatoms. The van der Waals surface area contributed by atoms with Crippen molar-refractivity contribution in [1.29, 1.82) is 0 Å². The van der Waals surface area contributed by atoms with Crippen molar-refractivity contribution < 1.29 is 4.79 Å². The fraction of sp³-hybridized carbons (Fsp3) is 0.353. The van der Waals surface area contributed by atoms with Crippen molar-refractivity contribution >= 4 is 5.91 Å². The Bertz CT molecular complexity index is 559. The lowest BCUT2D eigenvalue weighted by Gasteiger charge is -2.16. The monoisotopic (exact) mass is 298 g/mol. The predicted octanol–water partition coefficient (Wildman–Crippen LogP) is 1.66. The summed E-state index contributed by atoms with van der Waals surface area (Å²) in [6.07, 6.45) is 7.14. The zero-order chi connectivity index (χ0) is 15.6.